The van der Waals surface area contributed by atoms with E-state index in [0.717, 1.165) is 12.0 Å². The Labute approximate surface area is 123 Å². The van der Waals surface area contributed by atoms with E-state index < -0.39 is 5.92 Å². The van der Waals surface area contributed by atoms with Crippen LogP contribution in [0.5, 0.6) is 0 Å². The summed E-state index contributed by atoms with van der Waals surface area (Å²) in [4.78, 5) is 22.8. The first-order chi connectivity index (χ1) is 9.49. The molecule has 108 valence electrons. The summed E-state index contributed by atoms with van der Waals surface area (Å²) < 4.78 is 0. The van der Waals surface area contributed by atoms with Crippen molar-refractivity contribution in [3.63, 3.8) is 0 Å². The normalized spacial score (nSPS) is 24.4. The number of hydrogen-bond donors (Lipinski definition) is 0. The fourth-order valence-electron chi connectivity index (χ4n) is 3.02. The van der Waals surface area contributed by atoms with Gasteiger partial charge >= 0.3 is 0 Å². The van der Waals surface area contributed by atoms with Crippen LogP contribution in [0.15, 0.2) is 24.3 Å². The van der Waals surface area contributed by atoms with Crippen LogP contribution in [0.1, 0.15) is 37.7 Å². The molecule has 1 aliphatic rings. The van der Waals surface area contributed by atoms with Gasteiger partial charge in [0.25, 0.3) is 0 Å². The Morgan fingerprint density at radius 3 is 2.80 bits per heavy atom. The molecule has 0 amide bonds. The van der Waals surface area contributed by atoms with Crippen molar-refractivity contribution >= 4 is 17.4 Å². The van der Waals surface area contributed by atoms with Crippen molar-refractivity contribution < 1.29 is 9.72 Å². The quantitative estimate of drug-likeness (QED) is 0.628. The van der Waals surface area contributed by atoms with E-state index in [1.807, 2.05) is 6.07 Å². The summed E-state index contributed by atoms with van der Waals surface area (Å²) in [6.07, 6.45) is 2.11. The van der Waals surface area contributed by atoms with Gasteiger partial charge in [0.05, 0.1) is 5.92 Å². The van der Waals surface area contributed by atoms with Crippen LogP contribution in [0, 0.1) is 22.0 Å². The van der Waals surface area contributed by atoms with Gasteiger partial charge in [-0.05, 0) is 30.4 Å². The molecule has 20 heavy (non-hydrogen) atoms. The van der Waals surface area contributed by atoms with Crippen molar-refractivity contribution in [2.75, 3.05) is 6.54 Å². The average Bonchev–Trinajstić information content (AvgIpc) is 2.40. The van der Waals surface area contributed by atoms with Gasteiger partial charge in [-0.25, -0.2) is 0 Å². The first-order valence-corrected chi connectivity index (χ1v) is 7.25. The highest BCUT2D eigenvalue weighted by atomic mass is 35.5. The summed E-state index contributed by atoms with van der Waals surface area (Å²) in [6.45, 7) is 1.85. The van der Waals surface area contributed by atoms with Gasteiger partial charge in [-0.2, -0.15) is 0 Å². The van der Waals surface area contributed by atoms with E-state index in [1.165, 1.54) is 0 Å². The van der Waals surface area contributed by atoms with Gasteiger partial charge in [0.1, 0.15) is 5.78 Å². The van der Waals surface area contributed by atoms with Gasteiger partial charge in [-0.3, -0.25) is 14.9 Å². The van der Waals surface area contributed by atoms with Gasteiger partial charge in [0.2, 0.25) is 6.54 Å². The third-order valence-electron chi connectivity index (χ3n) is 4.09. The van der Waals surface area contributed by atoms with Crippen LogP contribution in [-0.4, -0.2) is 17.3 Å². The Morgan fingerprint density at radius 1 is 1.45 bits per heavy atom. The van der Waals surface area contributed by atoms with E-state index in [1.54, 1.807) is 18.2 Å². The van der Waals surface area contributed by atoms with Crippen LogP contribution in [0.3, 0.4) is 0 Å². The molecule has 5 heteroatoms. The van der Waals surface area contributed by atoms with E-state index in [4.69, 9.17) is 11.6 Å². The Hall–Kier alpha value is -1.42. The molecule has 4 nitrogen and oxygen atoms in total. The number of nitrogens with zero attached hydrogens (tertiary/aromatic N) is 1. The number of ketones is 1. The second kappa shape index (κ2) is 6.35. The summed E-state index contributed by atoms with van der Waals surface area (Å²) in [7, 11) is 0. The summed E-state index contributed by atoms with van der Waals surface area (Å²) >= 11 is 6.17. The molecule has 0 radical (unpaired) electrons. The van der Waals surface area contributed by atoms with Crippen LogP contribution in [0.2, 0.25) is 5.02 Å². The predicted molar refractivity (Wildman–Crippen MR) is 77.6 cm³/mol. The fraction of sp³-hybridized carbons (Fsp3) is 0.533. The lowest BCUT2D eigenvalue weighted by atomic mass is 9.72. The van der Waals surface area contributed by atoms with Gasteiger partial charge in [0.15, 0.2) is 0 Å². The summed E-state index contributed by atoms with van der Waals surface area (Å²) in [5.74, 6) is -0.151. The van der Waals surface area contributed by atoms with E-state index in [0.29, 0.717) is 23.8 Å². The first kappa shape index (κ1) is 15.0. The molecule has 0 aromatic heterocycles. The molecule has 0 bridgehead atoms. The van der Waals surface area contributed by atoms with Crippen LogP contribution in [0.4, 0.5) is 0 Å². The van der Waals surface area contributed by atoms with Gasteiger partial charge in [-0.1, -0.05) is 36.7 Å². The lowest BCUT2D eigenvalue weighted by Crippen LogP contribution is -2.32. The largest absolute Gasteiger partial charge is 0.299 e. The Kier molecular flexibility index (Phi) is 4.76. The molecule has 1 aromatic carbocycles. The van der Waals surface area contributed by atoms with Crippen LogP contribution < -0.4 is 0 Å². The van der Waals surface area contributed by atoms with E-state index >= 15 is 0 Å². The van der Waals surface area contributed by atoms with E-state index in [-0.39, 0.29) is 23.2 Å². The zero-order chi connectivity index (χ0) is 14.7. The van der Waals surface area contributed by atoms with Gasteiger partial charge < -0.3 is 0 Å². The number of benzene rings is 1. The lowest BCUT2D eigenvalue weighted by molar-refractivity contribution is -0.484. The average molecular weight is 296 g/mol. The van der Waals surface area contributed by atoms with E-state index in [2.05, 4.69) is 6.92 Å². The monoisotopic (exact) mass is 295 g/mol. The van der Waals surface area contributed by atoms with Crippen molar-refractivity contribution in [3.8, 4) is 0 Å². The first-order valence-electron chi connectivity index (χ1n) is 6.88. The third kappa shape index (κ3) is 3.37. The number of nitro groups is 1. The minimum Gasteiger partial charge on any atom is -0.299 e. The maximum absolute atomic E-state index is 12.2. The number of hydrogen-bond acceptors (Lipinski definition) is 3. The Morgan fingerprint density at radius 2 is 2.15 bits per heavy atom. The van der Waals surface area contributed by atoms with E-state index in [9.17, 15) is 14.9 Å². The standard InChI is InChI=1S/C15H18ClNO3/c1-10-6-7-15(18)12(8-10)13(9-17(19)20)11-4-2-3-5-14(11)16/h2-5,10,12-13H,6-9H2,1H3/t10-,12-,13-/m0/s1. The molecule has 0 unspecified atom stereocenters. The van der Waals surface area contributed by atoms with Crippen molar-refractivity contribution in [1.82, 2.24) is 0 Å². The van der Waals surface area contributed by atoms with Crippen LogP contribution in [-0.2, 0) is 4.79 Å². The van der Waals surface area contributed by atoms with Crippen molar-refractivity contribution in [2.45, 2.75) is 32.1 Å². The molecular weight excluding hydrogens is 278 g/mol. The zero-order valence-corrected chi connectivity index (χ0v) is 12.2. The highest BCUT2D eigenvalue weighted by Gasteiger charge is 2.37. The lowest BCUT2D eigenvalue weighted by Gasteiger charge is -2.30. The zero-order valence-electron chi connectivity index (χ0n) is 11.4. The smallest absolute Gasteiger partial charge is 0.211 e. The summed E-state index contributed by atoms with van der Waals surface area (Å²) in [5.41, 5.74) is 0.721. The molecule has 1 aromatic rings. The fourth-order valence-corrected chi connectivity index (χ4v) is 3.30. The topological polar surface area (TPSA) is 60.2 Å². The maximum atomic E-state index is 12.2. The van der Waals surface area contributed by atoms with Crippen molar-refractivity contribution in [2.24, 2.45) is 11.8 Å². The van der Waals surface area contributed by atoms with Crippen LogP contribution >= 0.6 is 11.6 Å². The molecule has 0 aliphatic heterocycles. The molecule has 0 heterocycles. The minimum atomic E-state index is -0.422. The molecule has 1 fully saturated rings. The molecule has 1 saturated carbocycles. The molecule has 0 spiro atoms. The number of rotatable bonds is 4. The number of carbonyl (C=O) groups is 1. The second-order valence-electron chi connectivity index (χ2n) is 5.60. The van der Waals surface area contributed by atoms with Crippen LogP contribution in [0.25, 0.3) is 0 Å². The Bertz CT molecular complexity index is 518. The molecule has 2 rings (SSSR count). The van der Waals surface area contributed by atoms with Crippen molar-refractivity contribution in [3.05, 3.63) is 45.0 Å². The third-order valence-corrected chi connectivity index (χ3v) is 4.43. The molecule has 1 aliphatic carbocycles. The predicted octanol–water partition coefficient (Wildman–Crippen LogP) is 3.71. The van der Waals surface area contributed by atoms with Gasteiger partial charge in [-0.15, -0.1) is 0 Å². The number of halogens is 1. The molecule has 0 saturated heterocycles. The summed E-state index contributed by atoms with van der Waals surface area (Å²) in [6, 6.07) is 7.12. The SMILES string of the molecule is C[C@H]1CCC(=O)[C@H]([C@@H](C[N+](=O)[O-])c2ccccc2Cl)C1. The van der Waals surface area contributed by atoms with Gasteiger partial charge in [0, 0.05) is 22.3 Å². The molecular formula is C15H18ClNO3. The highest BCUT2D eigenvalue weighted by molar-refractivity contribution is 6.31. The second-order valence-corrected chi connectivity index (χ2v) is 6.00. The summed E-state index contributed by atoms with van der Waals surface area (Å²) in [5, 5.41) is 11.5. The number of carbonyl (C=O) groups excluding carboxylic acids is 1. The number of Topliss-reactive ketones (excluding diaryl/α,β-unsaturated/α-hetero) is 1. The molecule has 3 atom stereocenters. The minimum absolute atomic E-state index is 0.134. The molecule has 0 N–H and O–H groups in total. The van der Waals surface area contributed by atoms with Crippen molar-refractivity contribution in [1.29, 1.82) is 0 Å². The highest BCUT2D eigenvalue weighted by Crippen LogP contribution is 2.38. The maximum Gasteiger partial charge on any atom is 0.211 e. The Balaban J connectivity index is 2.34.